The molecule has 238 valence electrons. The molecule has 2 rings (SSSR count). The second-order valence-electron chi connectivity index (χ2n) is 9.02. The summed E-state index contributed by atoms with van der Waals surface area (Å²) in [6, 6.07) is 9.11. The molecular weight excluding hydrogens is 734 g/mol. The van der Waals surface area contributed by atoms with E-state index in [0.29, 0.717) is 33.4 Å². The Kier molecular flexibility index (Phi) is 32.9. The molecule has 0 amide bonds. The quantitative estimate of drug-likeness (QED) is 0.0835. The van der Waals surface area contributed by atoms with E-state index in [4.69, 9.17) is 18.1 Å². The summed E-state index contributed by atoms with van der Waals surface area (Å²) in [6.07, 6.45) is 0. The SMILES string of the molecule is O=[PH]([O-])OCc1cc(CO[PH](=O)[O-])cc(CN(Cc2cc(CO[PH](=O)[O-])cc(CO[PH](=O)[O-])c2)C(CO)(CO)CO)c1.[Na+].[Na+].[Na+].[Na+]. The van der Waals surface area contributed by atoms with Gasteiger partial charge in [0, 0.05) is 13.1 Å². The first kappa shape index (κ1) is 53.2. The summed E-state index contributed by atoms with van der Waals surface area (Å²) in [5.74, 6) is 0. The summed E-state index contributed by atoms with van der Waals surface area (Å²) in [7, 11) is -14.2. The minimum absolute atomic E-state index is 0. The van der Waals surface area contributed by atoms with Gasteiger partial charge in [0.25, 0.3) is 0 Å². The molecule has 46 heavy (non-hydrogen) atoms. The molecule has 0 saturated carbocycles. The standard InChI is InChI=1S/C22H35NO15P4.4Na/c24-13-22(14-25,15-26)23(7-16-1-18(9-35-39(27)28)5-19(2-16)10-36-40(29)30)8-17-3-20(11-37-41(31)32)6-21(4-17)12-38-42(33)34;;;;/h1-6,24-26,39-42H,7-15H2,(H,27,28)(H,29,30)(H,31,32)(H,33,34);;;;/q;4*+1/p-4. The van der Waals surface area contributed by atoms with Crippen molar-refractivity contribution in [3.05, 3.63) is 69.8 Å². The van der Waals surface area contributed by atoms with Gasteiger partial charge >= 0.3 is 118 Å². The van der Waals surface area contributed by atoms with Crippen LogP contribution in [0, 0.1) is 0 Å². The molecule has 0 aliphatic heterocycles. The fourth-order valence-corrected chi connectivity index (χ4v) is 5.18. The first-order chi connectivity index (χ1) is 19.9. The van der Waals surface area contributed by atoms with E-state index in [-0.39, 0.29) is 158 Å². The summed E-state index contributed by atoms with van der Waals surface area (Å²) in [6.45, 7) is -3.81. The van der Waals surface area contributed by atoms with Crippen LogP contribution in [0.4, 0.5) is 0 Å². The van der Waals surface area contributed by atoms with Crippen LogP contribution in [0.2, 0.25) is 0 Å². The normalized spacial score (nSPS) is 13.7. The summed E-state index contributed by atoms with van der Waals surface area (Å²) in [5.41, 5.74) is 0.611. The van der Waals surface area contributed by atoms with Crippen LogP contribution >= 0.6 is 33.0 Å². The van der Waals surface area contributed by atoms with E-state index in [0.717, 1.165) is 0 Å². The number of hydrogen-bond acceptors (Lipinski definition) is 16. The van der Waals surface area contributed by atoms with E-state index in [1.54, 1.807) is 24.3 Å². The molecule has 0 heterocycles. The van der Waals surface area contributed by atoms with Crippen molar-refractivity contribution in [3.8, 4) is 0 Å². The van der Waals surface area contributed by atoms with Crippen molar-refractivity contribution >= 4 is 33.0 Å². The van der Waals surface area contributed by atoms with Crippen molar-refractivity contribution in [2.45, 2.75) is 45.1 Å². The molecular formula is C22H31NNa4O15P4. The number of aliphatic hydroxyl groups excluding tert-OH is 3. The van der Waals surface area contributed by atoms with Gasteiger partial charge in [-0.05, 0) is 33.4 Å². The largest absolute Gasteiger partial charge is 1.00 e. The Bertz CT molecular complexity index is 1110. The second-order valence-corrected chi connectivity index (χ2v) is 12.2. The molecule has 2 aromatic rings. The van der Waals surface area contributed by atoms with Gasteiger partial charge in [0.2, 0.25) is 0 Å². The summed E-state index contributed by atoms with van der Waals surface area (Å²) in [5, 5.41) is 30.6. The van der Waals surface area contributed by atoms with Crippen molar-refractivity contribution in [2.24, 2.45) is 0 Å². The Labute approximate surface area is 357 Å². The van der Waals surface area contributed by atoms with Crippen LogP contribution < -0.4 is 138 Å². The van der Waals surface area contributed by atoms with Gasteiger partial charge in [-0.25, -0.2) is 0 Å². The minimum Gasteiger partial charge on any atom is -0.781 e. The molecule has 0 bridgehead atoms. The number of rotatable bonds is 20. The molecule has 2 aromatic carbocycles. The molecule has 0 spiro atoms. The van der Waals surface area contributed by atoms with Gasteiger partial charge in [-0.15, -0.1) is 0 Å². The molecule has 0 aliphatic rings. The van der Waals surface area contributed by atoms with Gasteiger partial charge in [0.05, 0.1) is 51.8 Å². The smallest absolute Gasteiger partial charge is 0.781 e. The number of hydrogen-bond donors (Lipinski definition) is 3. The first-order valence-electron chi connectivity index (χ1n) is 12.1. The molecule has 0 aliphatic carbocycles. The maximum absolute atomic E-state index is 11.0. The Morgan fingerprint density at radius 1 is 0.500 bits per heavy atom. The van der Waals surface area contributed by atoms with Crippen LogP contribution in [-0.4, -0.2) is 45.6 Å². The topological polar surface area (TPSA) is 261 Å². The Hall–Kier alpha value is 2.88. The summed E-state index contributed by atoms with van der Waals surface area (Å²) < 4.78 is 62.7. The fraction of sp³-hybridized carbons (Fsp3) is 0.455. The molecule has 0 fully saturated rings. The molecule has 0 saturated heterocycles. The van der Waals surface area contributed by atoms with E-state index in [2.05, 4.69) is 0 Å². The van der Waals surface area contributed by atoms with Crippen LogP contribution in [-0.2, 0) is 75.9 Å². The van der Waals surface area contributed by atoms with Crippen LogP contribution in [0.5, 0.6) is 0 Å². The summed E-state index contributed by atoms with van der Waals surface area (Å²) >= 11 is 0. The molecule has 3 N–H and O–H groups in total. The van der Waals surface area contributed by atoms with Gasteiger partial charge in [0.1, 0.15) is 33.0 Å². The molecule has 0 aromatic heterocycles. The maximum Gasteiger partial charge on any atom is 1.00 e. The monoisotopic (exact) mass is 765 g/mol. The maximum atomic E-state index is 11.0. The first-order valence-corrected chi connectivity index (χ1v) is 17.0. The third-order valence-electron chi connectivity index (χ3n) is 5.95. The van der Waals surface area contributed by atoms with Gasteiger partial charge in [-0.3, -0.25) is 4.90 Å². The van der Waals surface area contributed by atoms with E-state index >= 15 is 0 Å². The number of benzene rings is 2. The van der Waals surface area contributed by atoms with Crippen molar-refractivity contribution < 1.29 is 189 Å². The van der Waals surface area contributed by atoms with Crippen LogP contribution in [0.3, 0.4) is 0 Å². The predicted molar refractivity (Wildman–Crippen MR) is 141 cm³/mol. The van der Waals surface area contributed by atoms with Crippen molar-refractivity contribution in [3.63, 3.8) is 0 Å². The van der Waals surface area contributed by atoms with E-state index in [1.807, 2.05) is 0 Å². The van der Waals surface area contributed by atoms with Crippen molar-refractivity contribution in [1.29, 1.82) is 0 Å². The molecule has 4 atom stereocenters. The van der Waals surface area contributed by atoms with Gasteiger partial charge in [-0.2, -0.15) is 0 Å². The fourth-order valence-electron chi connectivity index (χ4n) is 4.05. The van der Waals surface area contributed by atoms with E-state index in [9.17, 15) is 53.2 Å². The van der Waals surface area contributed by atoms with Crippen LogP contribution in [0.25, 0.3) is 0 Å². The zero-order chi connectivity index (χ0) is 31.3. The van der Waals surface area contributed by atoms with Crippen molar-refractivity contribution in [2.75, 3.05) is 19.8 Å². The third-order valence-corrected chi connectivity index (χ3v) is 7.47. The Morgan fingerprint density at radius 3 is 0.913 bits per heavy atom. The van der Waals surface area contributed by atoms with E-state index < -0.39 is 58.4 Å². The van der Waals surface area contributed by atoms with E-state index in [1.165, 1.54) is 17.0 Å². The minimum atomic E-state index is -3.54. The molecule has 4 unspecified atom stereocenters. The summed E-state index contributed by atoms with van der Waals surface area (Å²) in [4.78, 5) is 45.4. The Morgan fingerprint density at radius 2 is 0.717 bits per heavy atom. The van der Waals surface area contributed by atoms with Gasteiger partial charge in [-0.1, -0.05) is 36.4 Å². The average Bonchev–Trinajstić information content (AvgIpc) is 2.94. The average molecular weight is 765 g/mol. The molecule has 24 heteroatoms. The van der Waals surface area contributed by atoms with Crippen molar-refractivity contribution in [1.82, 2.24) is 4.90 Å². The van der Waals surface area contributed by atoms with Gasteiger partial charge in [0.15, 0.2) is 0 Å². The molecule has 16 nitrogen and oxygen atoms in total. The third kappa shape index (κ3) is 20.2. The zero-order valence-electron chi connectivity index (χ0n) is 26.0. The van der Waals surface area contributed by atoms with Crippen LogP contribution in [0.1, 0.15) is 33.4 Å². The van der Waals surface area contributed by atoms with Gasteiger partial charge < -0.3 is 71.2 Å². The van der Waals surface area contributed by atoms with Crippen LogP contribution in [0.15, 0.2) is 36.4 Å². The number of aliphatic hydroxyl groups is 3. The zero-order valence-corrected chi connectivity index (χ0v) is 38.0. The Balaban J connectivity index is -0.00000462. The predicted octanol–water partition coefficient (Wildman–Crippen LogP) is -13.5. The number of nitrogens with zero attached hydrogens (tertiary/aromatic N) is 1. The molecule has 0 radical (unpaired) electrons. The second kappa shape index (κ2) is 28.4.